The standard InChI is InChI=1S/C20H15FN4O/c21-17-9-14(3-4-15(17)11-22)20-24-18(23)10-19(26)25(20)16-7-5-13(6-8-16)12-1-2-12/h3-10,12H,1-2,23H2. The van der Waals surface area contributed by atoms with Crippen molar-refractivity contribution in [3.63, 3.8) is 0 Å². The van der Waals surface area contributed by atoms with Crippen LogP contribution in [0.3, 0.4) is 0 Å². The molecule has 0 radical (unpaired) electrons. The molecule has 1 aliphatic rings. The van der Waals surface area contributed by atoms with Crippen molar-refractivity contribution in [3.05, 3.63) is 75.8 Å². The predicted molar refractivity (Wildman–Crippen MR) is 96.3 cm³/mol. The van der Waals surface area contributed by atoms with Crippen LogP contribution in [0.2, 0.25) is 0 Å². The molecule has 5 nitrogen and oxygen atoms in total. The number of rotatable bonds is 3. The van der Waals surface area contributed by atoms with Crippen LogP contribution < -0.4 is 11.3 Å². The zero-order valence-corrected chi connectivity index (χ0v) is 13.8. The van der Waals surface area contributed by atoms with Crippen LogP contribution >= 0.6 is 0 Å². The highest BCUT2D eigenvalue weighted by atomic mass is 19.1. The van der Waals surface area contributed by atoms with Crippen molar-refractivity contribution < 1.29 is 4.39 Å². The van der Waals surface area contributed by atoms with Crippen molar-refractivity contribution in [2.75, 3.05) is 5.73 Å². The number of hydrogen-bond donors (Lipinski definition) is 1. The number of hydrogen-bond acceptors (Lipinski definition) is 4. The molecule has 1 aromatic heterocycles. The van der Waals surface area contributed by atoms with Gasteiger partial charge in [-0.25, -0.2) is 9.37 Å². The second-order valence-corrected chi connectivity index (χ2v) is 6.35. The van der Waals surface area contributed by atoms with E-state index in [1.165, 1.54) is 41.2 Å². The van der Waals surface area contributed by atoms with Gasteiger partial charge in [0.15, 0.2) is 0 Å². The molecule has 0 unspecified atom stereocenters. The first-order chi connectivity index (χ1) is 12.6. The average molecular weight is 346 g/mol. The molecule has 26 heavy (non-hydrogen) atoms. The number of nitrogens with zero attached hydrogens (tertiary/aromatic N) is 3. The zero-order chi connectivity index (χ0) is 18.3. The summed E-state index contributed by atoms with van der Waals surface area (Å²) in [6.45, 7) is 0. The Balaban J connectivity index is 1.88. The SMILES string of the molecule is N#Cc1ccc(-c2nc(N)cc(=O)n2-c2ccc(C3CC3)cc2)cc1F. The van der Waals surface area contributed by atoms with Crippen molar-refractivity contribution >= 4 is 5.82 Å². The molecule has 3 aromatic rings. The zero-order valence-electron chi connectivity index (χ0n) is 13.8. The van der Waals surface area contributed by atoms with E-state index >= 15 is 0 Å². The normalized spacial score (nSPS) is 13.4. The molecule has 0 spiro atoms. The van der Waals surface area contributed by atoms with Crippen LogP contribution in [0, 0.1) is 17.1 Å². The van der Waals surface area contributed by atoms with Gasteiger partial charge in [0.1, 0.15) is 23.5 Å². The Kier molecular flexibility index (Phi) is 3.77. The van der Waals surface area contributed by atoms with Gasteiger partial charge in [0.05, 0.1) is 11.3 Å². The van der Waals surface area contributed by atoms with Gasteiger partial charge >= 0.3 is 0 Å². The van der Waals surface area contributed by atoms with Crippen LogP contribution in [-0.2, 0) is 0 Å². The average Bonchev–Trinajstić information content (AvgIpc) is 3.46. The van der Waals surface area contributed by atoms with Gasteiger partial charge in [-0.2, -0.15) is 5.26 Å². The first-order valence-electron chi connectivity index (χ1n) is 8.27. The Labute approximate surface area is 149 Å². The smallest absolute Gasteiger partial charge is 0.260 e. The molecule has 1 heterocycles. The number of nitriles is 1. The van der Waals surface area contributed by atoms with Crippen molar-refractivity contribution in [2.45, 2.75) is 18.8 Å². The summed E-state index contributed by atoms with van der Waals surface area (Å²) in [5.41, 5.74) is 7.57. The predicted octanol–water partition coefficient (Wildman–Crippen LogP) is 3.37. The lowest BCUT2D eigenvalue weighted by Gasteiger charge is -2.13. The van der Waals surface area contributed by atoms with E-state index in [1.54, 1.807) is 12.1 Å². The van der Waals surface area contributed by atoms with E-state index < -0.39 is 5.82 Å². The van der Waals surface area contributed by atoms with Crippen molar-refractivity contribution in [1.82, 2.24) is 9.55 Å². The van der Waals surface area contributed by atoms with Gasteiger partial charge in [0.25, 0.3) is 5.56 Å². The van der Waals surface area contributed by atoms with E-state index in [-0.39, 0.29) is 22.8 Å². The molecule has 0 saturated heterocycles. The third kappa shape index (κ3) is 2.84. The van der Waals surface area contributed by atoms with Crippen molar-refractivity contribution in [2.24, 2.45) is 0 Å². The lowest BCUT2D eigenvalue weighted by Crippen LogP contribution is -2.22. The number of aromatic nitrogens is 2. The summed E-state index contributed by atoms with van der Waals surface area (Å²) in [7, 11) is 0. The molecule has 0 bridgehead atoms. The summed E-state index contributed by atoms with van der Waals surface area (Å²) in [4.78, 5) is 16.8. The molecule has 4 rings (SSSR count). The second kappa shape index (κ2) is 6.12. The van der Waals surface area contributed by atoms with Gasteiger partial charge in [-0.3, -0.25) is 9.36 Å². The van der Waals surface area contributed by atoms with E-state index in [2.05, 4.69) is 4.98 Å². The van der Waals surface area contributed by atoms with Crippen molar-refractivity contribution in [3.8, 4) is 23.1 Å². The third-order valence-electron chi connectivity index (χ3n) is 4.49. The molecule has 0 amide bonds. The number of anilines is 1. The molecule has 0 atom stereocenters. The fourth-order valence-electron chi connectivity index (χ4n) is 3.00. The highest BCUT2D eigenvalue weighted by Gasteiger charge is 2.23. The van der Waals surface area contributed by atoms with Crippen LogP contribution in [0.4, 0.5) is 10.2 Å². The number of benzene rings is 2. The quantitative estimate of drug-likeness (QED) is 0.788. The van der Waals surface area contributed by atoms with Gasteiger partial charge in [-0.05, 0) is 54.7 Å². The molecule has 0 aliphatic heterocycles. The minimum Gasteiger partial charge on any atom is -0.383 e. The van der Waals surface area contributed by atoms with Gasteiger partial charge in [0.2, 0.25) is 0 Å². The maximum atomic E-state index is 14.1. The monoisotopic (exact) mass is 346 g/mol. The molecule has 2 aromatic carbocycles. The number of nitrogen functional groups attached to an aromatic ring is 1. The van der Waals surface area contributed by atoms with E-state index in [0.29, 0.717) is 17.2 Å². The number of halogens is 1. The van der Waals surface area contributed by atoms with E-state index in [9.17, 15) is 9.18 Å². The molecule has 1 aliphatic carbocycles. The van der Waals surface area contributed by atoms with Crippen molar-refractivity contribution in [1.29, 1.82) is 5.26 Å². The Bertz CT molecular complexity index is 1090. The minimum atomic E-state index is -0.669. The molecule has 1 fully saturated rings. The lowest BCUT2D eigenvalue weighted by atomic mass is 10.1. The van der Waals surface area contributed by atoms with E-state index in [4.69, 9.17) is 11.0 Å². The lowest BCUT2D eigenvalue weighted by molar-refractivity contribution is 0.624. The second-order valence-electron chi connectivity index (χ2n) is 6.35. The summed E-state index contributed by atoms with van der Waals surface area (Å²) in [5, 5.41) is 8.90. The van der Waals surface area contributed by atoms with Gasteiger partial charge in [-0.1, -0.05) is 12.1 Å². The van der Waals surface area contributed by atoms with E-state index in [1.807, 2.05) is 24.3 Å². The summed E-state index contributed by atoms with van der Waals surface area (Å²) in [6, 6.07) is 14.8. The van der Waals surface area contributed by atoms with Crippen LogP contribution in [-0.4, -0.2) is 9.55 Å². The highest BCUT2D eigenvalue weighted by molar-refractivity contribution is 5.61. The third-order valence-corrected chi connectivity index (χ3v) is 4.49. The first-order valence-corrected chi connectivity index (χ1v) is 8.27. The van der Waals surface area contributed by atoms with Gasteiger partial charge in [-0.15, -0.1) is 0 Å². The van der Waals surface area contributed by atoms with Crippen LogP contribution in [0.15, 0.2) is 53.3 Å². The fourth-order valence-corrected chi connectivity index (χ4v) is 3.00. The molecular weight excluding hydrogens is 331 g/mol. The Hall–Kier alpha value is -3.46. The van der Waals surface area contributed by atoms with Crippen LogP contribution in [0.5, 0.6) is 0 Å². The van der Waals surface area contributed by atoms with Crippen LogP contribution in [0.1, 0.15) is 29.9 Å². The topological polar surface area (TPSA) is 84.7 Å². The van der Waals surface area contributed by atoms with E-state index in [0.717, 1.165) is 0 Å². The van der Waals surface area contributed by atoms with Gasteiger partial charge < -0.3 is 5.73 Å². The summed E-state index contributed by atoms with van der Waals surface area (Å²) in [5.74, 6) is 0.230. The highest BCUT2D eigenvalue weighted by Crippen LogP contribution is 2.40. The Morgan fingerprint density at radius 1 is 1.15 bits per heavy atom. The summed E-state index contributed by atoms with van der Waals surface area (Å²) in [6.07, 6.45) is 2.39. The molecule has 6 heteroatoms. The summed E-state index contributed by atoms with van der Waals surface area (Å²) < 4.78 is 15.4. The molecule has 2 N–H and O–H groups in total. The fraction of sp³-hybridized carbons (Fsp3) is 0.150. The molecule has 128 valence electrons. The Morgan fingerprint density at radius 3 is 2.50 bits per heavy atom. The molecular formula is C20H15FN4O. The van der Waals surface area contributed by atoms with Crippen LogP contribution in [0.25, 0.3) is 17.1 Å². The summed E-state index contributed by atoms with van der Waals surface area (Å²) >= 11 is 0. The maximum absolute atomic E-state index is 14.1. The van der Waals surface area contributed by atoms with Gasteiger partial charge in [0, 0.05) is 11.6 Å². The number of nitrogens with two attached hydrogens (primary N) is 1. The first kappa shape index (κ1) is 16.0. The molecule has 1 saturated carbocycles. The minimum absolute atomic E-state index is 0.0561. The maximum Gasteiger partial charge on any atom is 0.260 e. The largest absolute Gasteiger partial charge is 0.383 e. The Morgan fingerprint density at radius 2 is 1.88 bits per heavy atom.